The van der Waals surface area contributed by atoms with Gasteiger partial charge in [-0.2, -0.15) is 0 Å². The van der Waals surface area contributed by atoms with E-state index < -0.39 is 9.84 Å². The van der Waals surface area contributed by atoms with Gasteiger partial charge in [-0.15, -0.1) is 0 Å². The van der Waals surface area contributed by atoms with Gasteiger partial charge in [0.05, 0.1) is 4.90 Å². The molecule has 0 unspecified atom stereocenters. The molecule has 0 atom stereocenters. The lowest BCUT2D eigenvalue weighted by atomic mass is 9.89. The summed E-state index contributed by atoms with van der Waals surface area (Å²) in [5.41, 5.74) is 1.17. The number of piperidine rings is 1. The summed E-state index contributed by atoms with van der Waals surface area (Å²) in [5.74, 6) is 0.497. The number of benzene rings is 1. The predicted octanol–water partition coefficient (Wildman–Crippen LogP) is 2.68. The Morgan fingerprint density at radius 3 is 2.37 bits per heavy atom. The monoisotopic (exact) mass is 281 g/mol. The van der Waals surface area contributed by atoms with Crippen molar-refractivity contribution in [2.75, 3.05) is 19.3 Å². The maximum atomic E-state index is 11.6. The Bertz CT molecular complexity index is 529. The predicted molar refractivity (Wildman–Crippen MR) is 78.2 cm³/mol. The molecule has 1 heterocycles. The summed E-state index contributed by atoms with van der Waals surface area (Å²) in [7, 11) is -3.10. The Balaban J connectivity index is 2.12. The zero-order valence-corrected chi connectivity index (χ0v) is 12.8. The fourth-order valence-electron chi connectivity index (χ4n) is 2.75. The highest BCUT2D eigenvalue weighted by Crippen LogP contribution is 2.29. The highest BCUT2D eigenvalue weighted by Gasteiger charge is 2.22. The van der Waals surface area contributed by atoms with Gasteiger partial charge < -0.3 is 4.90 Å². The molecule has 1 aliphatic rings. The Hall–Kier alpha value is -0.870. The first kappa shape index (κ1) is 14.5. The van der Waals surface area contributed by atoms with E-state index >= 15 is 0 Å². The number of sulfone groups is 1. The lowest BCUT2D eigenvalue weighted by molar-refractivity contribution is 0.172. The van der Waals surface area contributed by atoms with Gasteiger partial charge in [-0.3, -0.25) is 0 Å². The van der Waals surface area contributed by atoms with Gasteiger partial charge in [0.15, 0.2) is 9.84 Å². The van der Waals surface area contributed by atoms with Crippen LogP contribution >= 0.6 is 0 Å². The van der Waals surface area contributed by atoms with Crippen LogP contribution in [-0.2, 0) is 9.84 Å². The van der Waals surface area contributed by atoms with Crippen LogP contribution in [0.3, 0.4) is 0 Å². The van der Waals surface area contributed by atoms with E-state index in [1.54, 1.807) is 6.07 Å². The normalized spacial score (nSPS) is 18.9. The second kappa shape index (κ2) is 5.63. The van der Waals surface area contributed by atoms with Crippen LogP contribution in [0.1, 0.15) is 38.2 Å². The second-order valence-electron chi connectivity index (χ2n) is 5.75. The molecule has 1 aromatic rings. The largest absolute Gasteiger partial charge is 0.301 e. The van der Waals surface area contributed by atoms with Crippen LogP contribution in [0.2, 0.25) is 0 Å². The van der Waals surface area contributed by atoms with Crippen molar-refractivity contribution in [3.05, 3.63) is 29.8 Å². The average Bonchev–Trinajstić information content (AvgIpc) is 2.38. The first-order valence-corrected chi connectivity index (χ1v) is 8.81. The van der Waals surface area contributed by atoms with E-state index in [1.807, 2.05) is 12.1 Å². The molecule has 0 aliphatic carbocycles. The second-order valence-corrected chi connectivity index (χ2v) is 7.76. The van der Waals surface area contributed by atoms with E-state index in [1.165, 1.54) is 11.8 Å². The van der Waals surface area contributed by atoms with Gasteiger partial charge in [-0.1, -0.05) is 12.1 Å². The van der Waals surface area contributed by atoms with Crippen LogP contribution in [0.5, 0.6) is 0 Å². The third-order valence-corrected chi connectivity index (χ3v) is 5.13. The summed E-state index contributed by atoms with van der Waals surface area (Å²) >= 11 is 0. The molecule has 2 rings (SSSR count). The van der Waals surface area contributed by atoms with E-state index in [4.69, 9.17) is 0 Å². The molecule has 0 saturated carbocycles. The minimum absolute atomic E-state index is 0.441. The zero-order valence-electron chi connectivity index (χ0n) is 12.0. The molecule has 0 spiro atoms. The van der Waals surface area contributed by atoms with Crippen molar-refractivity contribution in [1.29, 1.82) is 0 Å². The average molecular weight is 281 g/mol. The van der Waals surface area contributed by atoms with Crippen LogP contribution in [0, 0.1) is 0 Å². The summed E-state index contributed by atoms with van der Waals surface area (Å²) in [6, 6.07) is 8.06. The van der Waals surface area contributed by atoms with Crippen molar-refractivity contribution in [1.82, 2.24) is 4.90 Å². The van der Waals surface area contributed by atoms with Crippen molar-refractivity contribution < 1.29 is 8.42 Å². The molecule has 1 fully saturated rings. The third-order valence-electron chi connectivity index (χ3n) is 4.02. The van der Waals surface area contributed by atoms with Gasteiger partial charge in [-0.05, 0) is 63.4 Å². The number of likely N-dealkylation sites (tertiary alicyclic amines) is 1. The Morgan fingerprint density at radius 1 is 1.21 bits per heavy atom. The number of hydrogen-bond donors (Lipinski definition) is 0. The van der Waals surface area contributed by atoms with Crippen LogP contribution in [0.25, 0.3) is 0 Å². The highest BCUT2D eigenvalue weighted by atomic mass is 32.2. The first-order valence-electron chi connectivity index (χ1n) is 6.92. The van der Waals surface area contributed by atoms with Gasteiger partial charge in [0, 0.05) is 12.3 Å². The summed E-state index contributed by atoms with van der Waals surface area (Å²) < 4.78 is 23.2. The molecule has 1 aromatic carbocycles. The fraction of sp³-hybridized carbons (Fsp3) is 0.600. The minimum atomic E-state index is -3.10. The molecule has 0 amide bonds. The molecule has 1 aliphatic heterocycles. The zero-order chi connectivity index (χ0) is 14.0. The quantitative estimate of drug-likeness (QED) is 0.855. The molecule has 4 heteroatoms. The number of hydrogen-bond acceptors (Lipinski definition) is 3. The fourth-order valence-corrected chi connectivity index (χ4v) is 3.42. The molecule has 1 saturated heterocycles. The van der Waals surface area contributed by atoms with E-state index in [-0.39, 0.29) is 0 Å². The lowest BCUT2D eigenvalue weighted by Crippen LogP contribution is -2.37. The van der Waals surface area contributed by atoms with Crippen LogP contribution in [0.4, 0.5) is 0 Å². The first-order chi connectivity index (χ1) is 8.88. The molecular formula is C15H23NO2S. The van der Waals surface area contributed by atoms with Gasteiger partial charge in [-0.25, -0.2) is 8.42 Å². The van der Waals surface area contributed by atoms with Crippen molar-refractivity contribution in [2.45, 2.75) is 43.5 Å². The molecule has 0 bridgehead atoms. The summed E-state index contributed by atoms with van der Waals surface area (Å²) in [6.07, 6.45) is 3.50. The van der Waals surface area contributed by atoms with Gasteiger partial charge in [0.1, 0.15) is 0 Å². The molecule has 0 aromatic heterocycles. The Labute approximate surface area is 116 Å². The maximum Gasteiger partial charge on any atom is 0.175 e. The molecular weight excluding hydrogens is 258 g/mol. The Morgan fingerprint density at radius 2 is 1.84 bits per heavy atom. The van der Waals surface area contributed by atoms with Gasteiger partial charge in [0.25, 0.3) is 0 Å². The minimum Gasteiger partial charge on any atom is -0.301 e. The molecule has 106 valence electrons. The number of nitrogens with zero attached hydrogens (tertiary/aromatic N) is 1. The summed E-state index contributed by atoms with van der Waals surface area (Å²) in [4.78, 5) is 2.92. The summed E-state index contributed by atoms with van der Waals surface area (Å²) in [5, 5.41) is 0. The maximum absolute atomic E-state index is 11.6. The smallest absolute Gasteiger partial charge is 0.175 e. The SMILES string of the molecule is CC(C)N1CCC(c2cccc(S(C)(=O)=O)c2)CC1. The molecule has 19 heavy (non-hydrogen) atoms. The van der Waals surface area contributed by atoms with Gasteiger partial charge in [0.2, 0.25) is 0 Å². The summed E-state index contributed by atoms with van der Waals surface area (Å²) in [6.45, 7) is 6.66. The topological polar surface area (TPSA) is 37.4 Å². The molecule has 3 nitrogen and oxygen atoms in total. The van der Waals surface area contributed by atoms with Crippen molar-refractivity contribution in [3.63, 3.8) is 0 Å². The van der Waals surface area contributed by atoms with Crippen molar-refractivity contribution in [2.24, 2.45) is 0 Å². The van der Waals surface area contributed by atoms with Crippen LogP contribution < -0.4 is 0 Å². The molecule has 0 radical (unpaired) electrons. The van der Waals surface area contributed by atoms with E-state index in [2.05, 4.69) is 24.8 Å². The van der Waals surface area contributed by atoms with E-state index in [0.29, 0.717) is 16.9 Å². The van der Waals surface area contributed by atoms with E-state index in [9.17, 15) is 8.42 Å². The highest BCUT2D eigenvalue weighted by molar-refractivity contribution is 7.90. The van der Waals surface area contributed by atoms with Crippen LogP contribution in [0.15, 0.2) is 29.2 Å². The van der Waals surface area contributed by atoms with Crippen molar-refractivity contribution in [3.8, 4) is 0 Å². The Kier molecular flexibility index (Phi) is 4.31. The molecule has 0 N–H and O–H groups in total. The third kappa shape index (κ3) is 3.57. The van der Waals surface area contributed by atoms with Gasteiger partial charge >= 0.3 is 0 Å². The lowest BCUT2D eigenvalue weighted by Gasteiger charge is -2.34. The van der Waals surface area contributed by atoms with Crippen LogP contribution in [-0.4, -0.2) is 38.7 Å². The number of rotatable bonds is 3. The standard InChI is InChI=1S/C15H23NO2S/c1-12(2)16-9-7-13(8-10-16)14-5-4-6-15(11-14)19(3,17)18/h4-6,11-13H,7-10H2,1-3H3. The van der Waals surface area contributed by atoms with Crippen molar-refractivity contribution >= 4 is 9.84 Å². The van der Waals surface area contributed by atoms with E-state index in [0.717, 1.165) is 25.9 Å².